The molecule has 258 valence electrons. The van der Waals surface area contributed by atoms with E-state index in [1.54, 1.807) is 0 Å². The fraction of sp³-hybridized carbons (Fsp3) is 0.304. The summed E-state index contributed by atoms with van der Waals surface area (Å²) in [6, 6.07) is 39.9. The Morgan fingerprint density at radius 3 is 2.00 bits per heavy atom. The van der Waals surface area contributed by atoms with Crippen LogP contribution in [0.3, 0.4) is 0 Å². The van der Waals surface area contributed by atoms with Gasteiger partial charge in [0.25, 0.3) is 0 Å². The Balaban J connectivity index is 0.00000374. The van der Waals surface area contributed by atoms with E-state index in [9.17, 15) is 0 Å². The first kappa shape index (κ1) is 33.8. The second-order valence-electron chi connectivity index (χ2n) is 16.5. The summed E-state index contributed by atoms with van der Waals surface area (Å²) in [7, 11) is 0. The SMILES string of the molecule is CC(C)(C)c1ccc2c(c1)C(c1[c-]c(Oc3[c-]c(-n4cc5c(n4)[C@@H]4CC[C@H]5C4)ccc3)ccc1)(c1ccccn1)c1cc(C(C)(C)C)ccc1-2.[Pt+2]. The molecule has 0 N–H and O–H groups in total. The van der Waals surface area contributed by atoms with Gasteiger partial charge in [-0.15, -0.1) is 35.9 Å². The van der Waals surface area contributed by atoms with Crippen LogP contribution in [0, 0.1) is 12.1 Å². The number of fused-ring (bicyclic) bond motifs is 8. The molecule has 1 saturated carbocycles. The first-order chi connectivity index (χ1) is 24.0. The minimum absolute atomic E-state index is 0. The predicted octanol–water partition coefficient (Wildman–Crippen LogP) is 11.0. The van der Waals surface area contributed by atoms with Crippen LogP contribution in [0.15, 0.2) is 103 Å². The minimum atomic E-state index is -0.700. The molecule has 0 spiro atoms. The van der Waals surface area contributed by atoms with Crippen molar-refractivity contribution in [3.05, 3.63) is 160 Å². The summed E-state index contributed by atoms with van der Waals surface area (Å²) >= 11 is 0. The average molecular weight is 849 g/mol. The smallest absolute Gasteiger partial charge is 0.509 e. The maximum atomic E-state index is 6.61. The van der Waals surface area contributed by atoms with Crippen molar-refractivity contribution in [1.29, 1.82) is 0 Å². The molecule has 4 aromatic carbocycles. The van der Waals surface area contributed by atoms with Crippen molar-refractivity contribution in [2.24, 2.45) is 0 Å². The summed E-state index contributed by atoms with van der Waals surface area (Å²) in [4.78, 5) is 5.11. The van der Waals surface area contributed by atoms with E-state index in [0.29, 0.717) is 23.3 Å². The second kappa shape index (κ2) is 12.2. The molecule has 5 heteroatoms. The average Bonchev–Trinajstić information content (AvgIpc) is 3.88. The zero-order valence-electron chi connectivity index (χ0n) is 30.2. The van der Waals surface area contributed by atoms with Crippen molar-refractivity contribution >= 4 is 0 Å². The summed E-state index contributed by atoms with van der Waals surface area (Å²) in [5.74, 6) is 2.56. The van der Waals surface area contributed by atoms with Gasteiger partial charge in [-0.1, -0.05) is 84.0 Å². The van der Waals surface area contributed by atoms with E-state index in [0.717, 1.165) is 16.9 Å². The Kier molecular flexibility index (Phi) is 8.07. The van der Waals surface area contributed by atoms with Crippen LogP contribution in [-0.2, 0) is 37.3 Å². The largest absolute Gasteiger partial charge is 2.00 e. The maximum Gasteiger partial charge on any atom is 2.00 e. The summed E-state index contributed by atoms with van der Waals surface area (Å²) < 4.78 is 8.60. The molecule has 0 aliphatic heterocycles. The van der Waals surface area contributed by atoms with Crippen molar-refractivity contribution in [1.82, 2.24) is 14.8 Å². The van der Waals surface area contributed by atoms with Gasteiger partial charge in [-0.3, -0.25) is 9.67 Å². The van der Waals surface area contributed by atoms with E-state index in [4.69, 9.17) is 14.8 Å². The molecule has 3 aliphatic rings. The molecule has 9 rings (SSSR count). The molecule has 51 heavy (non-hydrogen) atoms. The van der Waals surface area contributed by atoms with E-state index < -0.39 is 5.41 Å². The Hall–Kier alpha value is -4.27. The zero-order valence-corrected chi connectivity index (χ0v) is 32.4. The van der Waals surface area contributed by atoms with Crippen molar-refractivity contribution in [3.63, 3.8) is 0 Å². The third-order valence-corrected chi connectivity index (χ3v) is 11.3. The van der Waals surface area contributed by atoms with Crippen LogP contribution in [-0.4, -0.2) is 14.8 Å². The molecule has 1 fully saturated rings. The van der Waals surface area contributed by atoms with Crippen LogP contribution in [0.4, 0.5) is 0 Å². The predicted molar refractivity (Wildman–Crippen MR) is 200 cm³/mol. The fourth-order valence-electron chi connectivity index (χ4n) is 8.69. The van der Waals surface area contributed by atoms with Gasteiger partial charge in [-0.25, -0.2) is 0 Å². The summed E-state index contributed by atoms with van der Waals surface area (Å²) in [6.45, 7) is 13.7. The molecule has 2 aromatic heterocycles. The minimum Gasteiger partial charge on any atom is -0.509 e. The van der Waals surface area contributed by atoms with E-state index >= 15 is 0 Å². The maximum absolute atomic E-state index is 6.61. The third kappa shape index (κ3) is 5.44. The summed E-state index contributed by atoms with van der Waals surface area (Å²) in [5.41, 5.74) is 12.3. The Morgan fingerprint density at radius 1 is 0.725 bits per heavy atom. The molecule has 2 atom stereocenters. The number of hydrogen-bond acceptors (Lipinski definition) is 3. The standard InChI is InChI=1S/C46H43N3O.Pt/c1-44(2,3)31-18-20-37-38-21-19-32(45(4,5)6)26-41(38)46(40(37)25-31,42-15-7-8-22-47-42)33-11-9-13-35(24-33)50-36-14-10-12-34(27-36)49-28-39-29-16-17-30(23-29)43(39)48-49;/h7-15,18-22,25-26,28-30H,16-17,23H2,1-6H3;/q-2;+2/t29-,30+;/m0./s1. The summed E-state index contributed by atoms with van der Waals surface area (Å²) in [5, 5.41) is 5.01. The van der Waals surface area contributed by atoms with Crippen LogP contribution in [0.1, 0.15) is 117 Å². The number of pyridine rings is 1. The quantitative estimate of drug-likeness (QED) is 0.162. The van der Waals surface area contributed by atoms with E-state index in [-0.39, 0.29) is 31.9 Å². The van der Waals surface area contributed by atoms with Gasteiger partial charge in [0.05, 0.1) is 16.8 Å². The topological polar surface area (TPSA) is 39.9 Å². The normalized spacial score (nSPS) is 18.2. The van der Waals surface area contributed by atoms with Crippen molar-refractivity contribution in [2.45, 2.75) is 88.9 Å². The van der Waals surface area contributed by atoms with Gasteiger partial charge >= 0.3 is 21.1 Å². The van der Waals surface area contributed by atoms with Gasteiger partial charge in [-0.2, -0.15) is 23.3 Å². The van der Waals surface area contributed by atoms with Gasteiger partial charge in [0.15, 0.2) is 0 Å². The van der Waals surface area contributed by atoms with Crippen molar-refractivity contribution < 1.29 is 25.8 Å². The van der Waals surface area contributed by atoms with Crippen molar-refractivity contribution in [2.75, 3.05) is 0 Å². The van der Waals surface area contributed by atoms with Gasteiger partial charge in [0.1, 0.15) is 0 Å². The molecule has 0 radical (unpaired) electrons. The molecule has 0 unspecified atom stereocenters. The van der Waals surface area contributed by atoms with Gasteiger partial charge in [-0.05, 0) is 92.8 Å². The number of aromatic nitrogens is 3. The number of nitrogens with zero attached hydrogens (tertiary/aromatic N) is 3. The number of hydrogen-bond donors (Lipinski definition) is 0. The fourth-order valence-corrected chi connectivity index (χ4v) is 8.69. The first-order valence-electron chi connectivity index (χ1n) is 18.0. The molecular weight excluding hydrogens is 806 g/mol. The second-order valence-corrected chi connectivity index (χ2v) is 16.5. The molecule has 4 nitrogen and oxygen atoms in total. The van der Waals surface area contributed by atoms with Crippen LogP contribution < -0.4 is 4.74 Å². The molecule has 2 bridgehead atoms. The molecular formula is C46H43N3OPt. The molecule has 3 aliphatic carbocycles. The van der Waals surface area contributed by atoms with E-state index in [2.05, 4.69) is 127 Å². The number of rotatable bonds is 5. The summed E-state index contributed by atoms with van der Waals surface area (Å²) in [6.07, 6.45) is 7.93. The van der Waals surface area contributed by atoms with Gasteiger partial charge in [0, 0.05) is 29.8 Å². The van der Waals surface area contributed by atoms with Crippen LogP contribution >= 0.6 is 0 Å². The number of benzene rings is 4. The van der Waals surface area contributed by atoms with Crippen LogP contribution in [0.2, 0.25) is 0 Å². The monoisotopic (exact) mass is 848 g/mol. The van der Waals surface area contributed by atoms with Gasteiger partial charge in [0.2, 0.25) is 0 Å². The Bertz CT molecular complexity index is 2180. The first-order valence-corrected chi connectivity index (χ1v) is 18.0. The van der Waals surface area contributed by atoms with Crippen LogP contribution in [0.25, 0.3) is 16.8 Å². The van der Waals surface area contributed by atoms with E-state index in [1.165, 1.54) is 63.9 Å². The molecule has 0 amide bonds. The van der Waals surface area contributed by atoms with Crippen LogP contribution in [0.5, 0.6) is 11.5 Å². The van der Waals surface area contributed by atoms with Gasteiger partial charge < -0.3 is 4.74 Å². The van der Waals surface area contributed by atoms with E-state index in [1.807, 2.05) is 35.1 Å². The third-order valence-electron chi connectivity index (χ3n) is 11.3. The molecule has 2 heterocycles. The Labute approximate surface area is 316 Å². The Morgan fingerprint density at radius 2 is 1.37 bits per heavy atom. The molecule has 0 saturated heterocycles. The zero-order chi connectivity index (χ0) is 34.4. The molecule has 6 aromatic rings. The number of ether oxygens (including phenoxy) is 1. The van der Waals surface area contributed by atoms with Crippen molar-refractivity contribution in [3.8, 4) is 28.3 Å².